The lowest BCUT2D eigenvalue weighted by atomic mass is 9.89. The van der Waals surface area contributed by atoms with Crippen LogP contribution in [-0.2, 0) is 6.42 Å². The summed E-state index contributed by atoms with van der Waals surface area (Å²) in [5.74, 6) is -0.335. The van der Waals surface area contributed by atoms with Crippen LogP contribution in [0.3, 0.4) is 0 Å². The van der Waals surface area contributed by atoms with E-state index in [2.05, 4.69) is 5.18 Å². The zero-order valence-corrected chi connectivity index (χ0v) is 13.2. The highest BCUT2D eigenvalue weighted by Gasteiger charge is 2.24. The molecule has 25 heavy (non-hydrogen) atoms. The second-order valence-electron chi connectivity index (χ2n) is 6.10. The van der Waals surface area contributed by atoms with E-state index in [1.807, 2.05) is 0 Å². The van der Waals surface area contributed by atoms with Crippen LogP contribution < -0.4 is 5.73 Å². The van der Waals surface area contributed by atoms with Crippen molar-refractivity contribution in [2.24, 2.45) is 5.18 Å². The Morgan fingerprint density at radius 3 is 2.80 bits per heavy atom. The molecule has 2 aromatic carbocycles. The zero-order valence-electron chi connectivity index (χ0n) is 13.2. The average molecular weight is 334 g/mol. The van der Waals surface area contributed by atoms with Crippen LogP contribution in [0.5, 0.6) is 0 Å². The summed E-state index contributed by atoms with van der Waals surface area (Å²) in [5, 5.41) is 3.39. The highest BCUT2D eigenvalue weighted by atomic mass is 16.3. The summed E-state index contributed by atoms with van der Waals surface area (Å²) in [7, 11) is 0. The third kappa shape index (κ3) is 2.42. The van der Waals surface area contributed by atoms with Gasteiger partial charge >= 0.3 is 0 Å². The van der Waals surface area contributed by atoms with E-state index in [1.54, 1.807) is 24.3 Å². The molecular formula is C19H14N2O4. The fraction of sp³-hybridized carbons (Fsp3) is 0.158. The lowest BCUT2D eigenvalue weighted by Crippen LogP contribution is -2.10. The number of hydrogen-bond acceptors (Lipinski definition) is 6. The van der Waals surface area contributed by atoms with Crippen molar-refractivity contribution in [2.45, 2.75) is 19.3 Å². The molecule has 0 atom stereocenters. The van der Waals surface area contributed by atoms with Crippen LogP contribution in [-0.4, -0.2) is 11.6 Å². The van der Waals surface area contributed by atoms with Gasteiger partial charge in [0, 0.05) is 22.9 Å². The maximum Gasteiger partial charge on any atom is 0.230 e. The molecule has 124 valence electrons. The van der Waals surface area contributed by atoms with Gasteiger partial charge in [0.1, 0.15) is 11.3 Å². The van der Waals surface area contributed by atoms with Crippen LogP contribution in [0.1, 0.15) is 44.9 Å². The third-order valence-electron chi connectivity index (χ3n) is 4.52. The molecule has 0 spiro atoms. The molecule has 6 nitrogen and oxygen atoms in total. The van der Waals surface area contributed by atoms with E-state index < -0.39 is 5.78 Å². The number of nitrogens with two attached hydrogens (primary N) is 1. The number of nitrogens with zero attached hydrogens (tertiary/aromatic N) is 1. The molecule has 0 amide bonds. The van der Waals surface area contributed by atoms with Crippen molar-refractivity contribution in [3.63, 3.8) is 0 Å². The van der Waals surface area contributed by atoms with Gasteiger partial charge in [-0.15, -0.1) is 4.91 Å². The normalized spacial score (nSPS) is 13.7. The number of benzene rings is 2. The Kier molecular flexibility index (Phi) is 3.46. The second kappa shape index (κ2) is 5.66. The Morgan fingerprint density at radius 1 is 1.16 bits per heavy atom. The van der Waals surface area contributed by atoms with Crippen molar-refractivity contribution in [3.05, 3.63) is 63.8 Å². The van der Waals surface area contributed by atoms with E-state index >= 15 is 0 Å². The largest absolute Gasteiger partial charge is 0.450 e. The average Bonchev–Trinajstić information content (AvgIpc) is 2.96. The monoisotopic (exact) mass is 334 g/mol. The summed E-state index contributed by atoms with van der Waals surface area (Å²) in [4.78, 5) is 35.5. The number of Topliss-reactive ketones (excluding diaryl/α,β-unsaturated/α-hetero) is 1. The van der Waals surface area contributed by atoms with Crippen LogP contribution in [0, 0.1) is 4.91 Å². The highest BCUT2D eigenvalue weighted by molar-refractivity contribution is 6.15. The number of anilines is 1. The number of furan rings is 1. The molecule has 1 aromatic heterocycles. The van der Waals surface area contributed by atoms with Crippen LogP contribution in [0.15, 0.2) is 46.0 Å². The lowest BCUT2D eigenvalue weighted by Gasteiger charge is -2.13. The maximum atomic E-state index is 12.7. The Bertz CT molecular complexity index is 1050. The molecule has 1 aliphatic rings. The number of ketones is 2. The number of nitrogen functional groups attached to an aromatic ring is 1. The van der Waals surface area contributed by atoms with Gasteiger partial charge in [0.2, 0.25) is 5.78 Å². The number of carbonyl (C=O) groups is 2. The van der Waals surface area contributed by atoms with E-state index in [4.69, 9.17) is 10.2 Å². The maximum absolute atomic E-state index is 12.7. The standard InChI is InChI=1S/C19H14N2O4/c20-17-14-9-13-10(3-2-6-15(13)22)8-16(14)25-19(17)18(23)11-4-1-5-12(7-11)21-24/h1,4-5,7-9H,2-3,6,20H2. The first-order valence-corrected chi connectivity index (χ1v) is 7.94. The minimum Gasteiger partial charge on any atom is -0.450 e. The van der Waals surface area contributed by atoms with Gasteiger partial charge in [-0.2, -0.15) is 0 Å². The topological polar surface area (TPSA) is 103 Å². The van der Waals surface area contributed by atoms with Crippen LogP contribution >= 0.6 is 0 Å². The van der Waals surface area contributed by atoms with E-state index in [9.17, 15) is 14.5 Å². The molecule has 0 bridgehead atoms. The van der Waals surface area contributed by atoms with E-state index in [-0.39, 0.29) is 28.5 Å². The molecule has 0 aliphatic heterocycles. The molecule has 6 heteroatoms. The Morgan fingerprint density at radius 2 is 2.00 bits per heavy atom. The SMILES string of the molecule is Nc1c(C(=O)c2cccc(N=O)c2)oc2cc3c(cc12)C(=O)CCC3. The van der Waals surface area contributed by atoms with Gasteiger partial charge in [0.05, 0.1) is 5.69 Å². The van der Waals surface area contributed by atoms with Gasteiger partial charge in [-0.3, -0.25) is 9.59 Å². The summed E-state index contributed by atoms with van der Waals surface area (Å²) < 4.78 is 5.70. The molecule has 1 heterocycles. The van der Waals surface area contributed by atoms with Gasteiger partial charge < -0.3 is 10.2 Å². The fourth-order valence-electron chi connectivity index (χ4n) is 3.25. The van der Waals surface area contributed by atoms with Crippen molar-refractivity contribution in [1.29, 1.82) is 0 Å². The summed E-state index contributed by atoms with van der Waals surface area (Å²) >= 11 is 0. The van der Waals surface area contributed by atoms with Crippen LogP contribution in [0.4, 0.5) is 11.4 Å². The van der Waals surface area contributed by atoms with E-state index in [0.29, 0.717) is 23.0 Å². The van der Waals surface area contributed by atoms with Crippen molar-refractivity contribution in [3.8, 4) is 0 Å². The fourth-order valence-corrected chi connectivity index (χ4v) is 3.25. The third-order valence-corrected chi connectivity index (χ3v) is 4.52. The summed E-state index contributed by atoms with van der Waals surface area (Å²) in [6.45, 7) is 0. The Hall–Kier alpha value is -3.28. The van der Waals surface area contributed by atoms with Gasteiger partial charge in [0.15, 0.2) is 11.5 Å². The number of carbonyl (C=O) groups excluding carboxylic acids is 2. The number of hydrogen-bond donors (Lipinski definition) is 1. The smallest absolute Gasteiger partial charge is 0.230 e. The molecule has 2 N–H and O–H groups in total. The molecule has 0 fully saturated rings. The van der Waals surface area contributed by atoms with Crippen molar-refractivity contribution in [1.82, 2.24) is 0 Å². The van der Waals surface area contributed by atoms with Crippen molar-refractivity contribution >= 4 is 33.9 Å². The van der Waals surface area contributed by atoms with Crippen molar-refractivity contribution < 1.29 is 14.0 Å². The summed E-state index contributed by atoms with van der Waals surface area (Å²) in [6, 6.07) is 9.53. The second-order valence-corrected chi connectivity index (χ2v) is 6.10. The first-order chi connectivity index (χ1) is 12.1. The first kappa shape index (κ1) is 15.3. The molecule has 0 saturated heterocycles. The van der Waals surface area contributed by atoms with E-state index in [0.717, 1.165) is 18.4 Å². The molecule has 3 aromatic rings. The van der Waals surface area contributed by atoms with Gasteiger partial charge in [-0.25, -0.2) is 0 Å². The Labute approximate surface area is 142 Å². The lowest BCUT2D eigenvalue weighted by molar-refractivity contribution is 0.0971. The molecule has 0 saturated carbocycles. The zero-order chi connectivity index (χ0) is 17.6. The minimum atomic E-state index is -0.427. The quantitative estimate of drug-likeness (QED) is 0.572. The molecule has 4 rings (SSSR count). The highest BCUT2D eigenvalue weighted by Crippen LogP contribution is 2.34. The molecular weight excluding hydrogens is 320 g/mol. The van der Waals surface area contributed by atoms with Crippen LogP contribution in [0.2, 0.25) is 0 Å². The predicted octanol–water partition coefficient (Wildman–Crippen LogP) is 4.16. The summed E-state index contributed by atoms with van der Waals surface area (Å²) in [6.07, 6.45) is 2.13. The van der Waals surface area contributed by atoms with Gasteiger partial charge in [-0.1, -0.05) is 12.1 Å². The molecule has 0 unspecified atom stereocenters. The number of aryl methyl sites for hydroxylation is 1. The summed E-state index contributed by atoms with van der Waals surface area (Å²) in [5.41, 5.74) is 8.79. The number of rotatable bonds is 3. The number of nitroso groups, excluding NO2 is 1. The molecule has 1 aliphatic carbocycles. The van der Waals surface area contributed by atoms with E-state index in [1.165, 1.54) is 12.1 Å². The van der Waals surface area contributed by atoms with Gasteiger partial charge in [0.25, 0.3) is 0 Å². The van der Waals surface area contributed by atoms with Gasteiger partial charge in [-0.05, 0) is 47.8 Å². The minimum absolute atomic E-state index is 0.00726. The number of fused-ring (bicyclic) bond motifs is 2. The molecule has 0 radical (unpaired) electrons. The van der Waals surface area contributed by atoms with Crippen molar-refractivity contribution in [2.75, 3.05) is 5.73 Å². The first-order valence-electron chi connectivity index (χ1n) is 7.94. The Balaban J connectivity index is 1.85. The van der Waals surface area contributed by atoms with Crippen LogP contribution in [0.25, 0.3) is 11.0 Å². The predicted molar refractivity (Wildman–Crippen MR) is 93.2 cm³/mol.